The number of aromatic nitrogens is 1. The number of carbonyl (C=O) groups excluding carboxylic acids is 2. The number of alkyl halides is 1. The summed E-state index contributed by atoms with van der Waals surface area (Å²) in [5.74, 6) is 0.238. The van der Waals surface area contributed by atoms with Gasteiger partial charge in [0.25, 0.3) is 0 Å². The molecule has 4 rings (SSSR count). The quantitative estimate of drug-likeness (QED) is 0.187. The summed E-state index contributed by atoms with van der Waals surface area (Å²) in [6, 6.07) is 10.2. The van der Waals surface area contributed by atoms with Crippen LogP contribution >= 0.6 is 59.9 Å². The Bertz CT molecular complexity index is 1050. The highest BCUT2D eigenvalue weighted by Gasteiger charge is 2.52. The van der Waals surface area contributed by atoms with Crippen LogP contribution in [0, 0.1) is 0 Å². The maximum Gasteiger partial charge on any atom is 0.355 e. The van der Waals surface area contributed by atoms with Crippen molar-refractivity contribution in [3.63, 3.8) is 0 Å². The minimum Gasteiger partial charge on any atom is -0.497 e. The molecule has 1 aromatic heterocycles. The second kappa shape index (κ2) is 13.7. The monoisotopic (exact) mass is 653 g/mol. The lowest BCUT2D eigenvalue weighted by atomic mass is 10.0. The Morgan fingerprint density at radius 1 is 1.29 bits per heavy atom. The molecule has 2 aliphatic rings. The fraction of sp³-hybridized carbons (Fsp3) is 0.348. The van der Waals surface area contributed by atoms with Gasteiger partial charge in [-0.3, -0.25) is 19.1 Å². The molecule has 1 saturated heterocycles. The lowest BCUT2D eigenvalue weighted by Crippen LogP contribution is -2.68. The van der Waals surface area contributed by atoms with Crippen molar-refractivity contribution >= 4 is 71.8 Å². The molecule has 12 heteroatoms. The van der Waals surface area contributed by atoms with Gasteiger partial charge < -0.3 is 15.2 Å². The minimum atomic E-state index is -0.659. The molecule has 2 aromatic rings. The number of thioether (sulfide) groups is 2. The fourth-order valence-electron chi connectivity index (χ4n) is 3.70. The van der Waals surface area contributed by atoms with Crippen LogP contribution in [0.5, 0.6) is 5.75 Å². The van der Waals surface area contributed by atoms with Gasteiger partial charge in [-0.25, -0.2) is 4.79 Å². The van der Waals surface area contributed by atoms with E-state index in [2.05, 4.69) is 4.98 Å². The van der Waals surface area contributed by atoms with Gasteiger partial charge in [0.15, 0.2) is 0 Å². The van der Waals surface area contributed by atoms with E-state index >= 15 is 0 Å². The molecule has 35 heavy (non-hydrogen) atoms. The Hall–Kier alpha value is -1.54. The number of β-lactam (4-membered cyclic amide) rings is 1. The molecular weight excluding hydrogens is 628 g/mol. The minimum absolute atomic E-state index is 0. The first-order valence-electron chi connectivity index (χ1n) is 10.4. The molecule has 3 atom stereocenters. The van der Waals surface area contributed by atoms with Gasteiger partial charge in [-0.15, -0.1) is 59.9 Å². The predicted molar refractivity (Wildman–Crippen MR) is 148 cm³/mol. The van der Waals surface area contributed by atoms with Crippen molar-refractivity contribution in [3.8, 4) is 5.75 Å². The zero-order chi connectivity index (χ0) is 23.4. The maximum atomic E-state index is 13.5. The third-order valence-corrected chi connectivity index (χ3v) is 8.12. The van der Waals surface area contributed by atoms with E-state index in [9.17, 15) is 14.0 Å². The summed E-state index contributed by atoms with van der Waals surface area (Å²) in [6.45, 7) is -0.515. The van der Waals surface area contributed by atoms with Crippen LogP contribution in [-0.2, 0) is 20.9 Å². The number of amides is 1. The maximum absolute atomic E-state index is 13.5. The molecule has 2 aliphatic heterocycles. The molecule has 2 unspecified atom stereocenters. The molecule has 1 amide bonds. The molecule has 0 bridgehead atoms. The first kappa shape index (κ1) is 29.7. The summed E-state index contributed by atoms with van der Waals surface area (Å²) >= 11 is 2.94. The van der Waals surface area contributed by atoms with Crippen LogP contribution in [0.15, 0.2) is 65.0 Å². The molecule has 1 fully saturated rings. The van der Waals surface area contributed by atoms with E-state index < -0.39 is 18.7 Å². The number of hydrogen-bond acceptors (Lipinski definition) is 8. The molecular formula is C23H26ClFIN3O4S2. The molecule has 0 aliphatic carbocycles. The number of esters is 1. The molecule has 7 nitrogen and oxygen atoms in total. The summed E-state index contributed by atoms with van der Waals surface area (Å²) in [5, 5.41) is -0.652. The Morgan fingerprint density at radius 3 is 2.60 bits per heavy atom. The summed E-state index contributed by atoms with van der Waals surface area (Å²) in [4.78, 5) is 32.2. The summed E-state index contributed by atoms with van der Waals surface area (Å²) in [6.07, 6.45) is 3.53. The van der Waals surface area contributed by atoms with Crippen LogP contribution in [0.4, 0.5) is 4.39 Å². The van der Waals surface area contributed by atoms with E-state index in [4.69, 9.17) is 15.2 Å². The Labute approximate surface area is 235 Å². The van der Waals surface area contributed by atoms with E-state index in [1.54, 1.807) is 43.8 Å². The predicted octanol–water partition coefficient (Wildman–Crippen LogP) is 4.19. The van der Waals surface area contributed by atoms with Crippen molar-refractivity contribution in [1.82, 2.24) is 9.88 Å². The van der Waals surface area contributed by atoms with Crippen LogP contribution in [0.3, 0.4) is 0 Å². The number of halogens is 3. The topological polar surface area (TPSA) is 94.7 Å². The van der Waals surface area contributed by atoms with E-state index in [-0.39, 0.29) is 71.6 Å². The SMILES string of the molecule is COc1ccc(COC(=O)C2=C(C(CCF)Sc3ccncc3)CS[C@H]3C(N)C(=O)N23)cc1.Cl.I. The molecule has 190 valence electrons. The Morgan fingerprint density at radius 2 is 1.97 bits per heavy atom. The fourth-order valence-corrected chi connectivity index (χ4v) is 6.33. The van der Waals surface area contributed by atoms with Crippen molar-refractivity contribution in [2.24, 2.45) is 5.73 Å². The van der Waals surface area contributed by atoms with Crippen LogP contribution in [-0.4, -0.2) is 58.0 Å². The third kappa shape index (κ3) is 6.62. The number of methoxy groups -OCH3 is 1. The van der Waals surface area contributed by atoms with Gasteiger partial charge in [0.1, 0.15) is 29.5 Å². The second-order valence-corrected chi connectivity index (χ2v) is 9.88. The highest BCUT2D eigenvalue weighted by Crippen LogP contribution is 2.44. The van der Waals surface area contributed by atoms with Crippen molar-refractivity contribution < 1.29 is 23.5 Å². The number of ether oxygens (including phenoxy) is 2. The van der Waals surface area contributed by atoms with Crippen LogP contribution in [0.2, 0.25) is 0 Å². The van der Waals surface area contributed by atoms with Gasteiger partial charge >= 0.3 is 5.97 Å². The van der Waals surface area contributed by atoms with E-state index in [0.717, 1.165) is 10.5 Å². The molecule has 0 spiro atoms. The number of rotatable bonds is 9. The third-order valence-electron chi connectivity index (χ3n) is 5.45. The first-order valence-corrected chi connectivity index (χ1v) is 12.3. The molecule has 1 aromatic carbocycles. The largest absolute Gasteiger partial charge is 0.497 e. The van der Waals surface area contributed by atoms with Crippen molar-refractivity contribution in [1.29, 1.82) is 0 Å². The zero-order valence-electron chi connectivity index (χ0n) is 18.8. The van der Waals surface area contributed by atoms with E-state index in [0.29, 0.717) is 17.1 Å². The smallest absolute Gasteiger partial charge is 0.355 e. The van der Waals surface area contributed by atoms with Gasteiger partial charge in [0.2, 0.25) is 5.91 Å². The number of nitrogens with two attached hydrogens (primary N) is 1. The van der Waals surface area contributed by atoms with Crippen LogP contribution < -0.4 is 10.5 Å². The average molecular weight is 654 g/mol. The Kier molecular flexibility index (Phi) is 11.6. The number of benzene rings is 1. The average Bonchev–Trinajstić information content (AvgIpc) is 2.86. The van der Waals surface area contributed by atoms with Gasteiger partial charge in [-0.1, -0.05) is 12.1 Å². The molecule has 3 heterocycles. The van der Waals surface area contributed by atoms with Crippen LogP contribution in [0.1, 0.15) is 12.0 Å². The van der Waals surface area contributed by atoms with Crippen LogP contribution in [0.25, 0.3) is 0 Å². The lowest BCUT2D eigenvalue weighted by molar-refractivity contribution is -0.151. The standard InChI is InChI=1S/C23H24FN3O4S2.ClH.HI/c1-30-15-4-2-14(3-5-15)12-31-23(29)20-17(13-32-22-19(25)21(28)27(20)22)18(6-9-24)33-16-7-10-26-11-8-16;;/h2-5,7-8,10-11,18-19,22H,6,9,12-13,25H2,1H3;2*1H/t18?,19?,22-;;/m0../s1. The number of fused-ring (bicyclic) bond motifs is 1. The van der Waals surface area contributed by atoms with Gasteiger partial charge in [0, 0.05) is 28.3 Å². The number of nitrogens with zero attached hydrogens (tertiary/aromatic N) is 2. The zero-order valence-corrected chi connectivity index (χ0v) is 23.6. The van der Waals surface area contributed by atoms with E-state index in [1.807, 2.05) is 12.1 Å². The van der Waals surface area contributed by atoms with Crippen molar-refractivity contribution in [2.75, 3.05) is 19.5 Å². The second-order valence-electron chi connectivity index (χ2n) is 7.50. The summed E-state index contributed by atoms with van der Waals surface area (Å²) in [7, 11) is 1.58. The summed E-state index contributed by atoms with van der Waals surface area (Å²) < 4.78 is 24.2. The molecule has 0 radical (unpaired) electrons. The van der Waals surface area contributed by atoms with Gasteiger partial charge in [0.05, 0.1) is 13.8 Å². The highest BCUT2D eigenvalue weighted by molar-refractivity contribution is 14.0. The number of hydrogen-bond donors (Lipinski definition) is 1. The number of carbonyl (C=O) groups is 2. The Balaban J connectivity index is 0.00000216. The normalized spacial score (nSPS) is 19.5. The molecule has 2 N–H and O–H groups in total. The van der Waals surface area contributed by atoms with Gasteiger partial charge in [-0.05, 0) is 41.8 Å². The first-order chi connectivity index (χ1) is 16.0. The highest BCUT2D eigenvalue weighted by atomic mass is 127. The van der Waals surface area contributed by atoms with Crippen molar-refractivity contribution in [2.45, 2.75) is 34.6 Å². The summed E-state index contributed by atoms with van der Waals surface area (Å²) in [5.41, 5.74) is 7.63. The molecule has 0 saturated carbocycles. The lowest BCUT2D eigenvalue weighted by Gasteiger charge is -2.49. The van der Waals surface area contributed by atoms with Gasteiger partial charge in [-0.2, -0.15) is 0 Å². The van der Waals surface area contributed by atoms with Crippen molar-refractivity contribution in [3.05, 3.63) is 65.6 Å². The number of pyridine rings is 1. The van der Waals surface area contributed by atoms with E-state index in [1.165, 1.54) is 28.4 Å².